The number of pyridine rings is 1. The van der Waals surface area contributed by atoms with E-state index in [1.165, 1.54) is 0 Å². The Hall–Kier alpha value is -0.720. The summed E-state index contributed by atoms with van der Waals surface area (Å²) in [5.74, 6) is 0.561. The molecule has 4 heteroatoms. The minimum Gasteiger partial charge on any atom is -0.249 e. The van der Waals surface area contributed by atoms with Crippen LogP contribution in [0.3, 0.4) is 0 Å². The maximum Gasteiger partial charge on any atom is 0.114 e. The summed E-state index contributed by atoms with van der Waals surface area (Å²) in [5.41, 5.74) is 1.63. The van der Waals surface area contributed by atoms with Crippen molar-refractivity contribution in [1.82, 2.24) is 4.98 Å². The third kappa shape index (κ3) is 2.63. The molecule has 0 aliphatic carbocycles. The molecule has 1 atom stereocenters. The highest BCUT2D eigenvalue weighted by Gasteiger charge is 2.10. The number of hydrogen-bond donors (Lipinski definition) is 0. The van der Waals surface area contributed by atoms with E-state index in [1.54, 1.807) is 18.0 Å². The van der Waals surface area contributed by atoms with Crippen molar-refractivity contribution in [2.75, 3.05) is 5.88 Å². The van der Waals surface area contributed by atoms with Gasteiger partial charge in [0.25, 0.3) is 0 Å². The van der Waals surface area contributed by atoms with Crippen LogP contribution in [0, 0.1) is 18.3 Å². The van der Waals surface area contributed by atoms with Gasteiger partial charge in [0, 0.05) is 17.3 Å². The molecule has 1 unspecified atom stereocenters. The summed E-state index contributed by atoms with van der Waals surface area (Å²) in [4.78, 5) is 4.18. The quantitative estimate of drug-likeness (QED) is 0.587. The second kappa shape index (κ2) is 5.23. The molecule has 0 aromatic carbocycles. The van der Waals surface area contributed by atoms with E-state index in [0.29, 0.717) is 11.4 Å². The Morgan fingerprint density at radius 1 is 1.71 bits per heavy atom. The fourth-order valence-electron chi connectivity index (χ4n) is 0.981. The first-order valence-corrected chi connectivity index (χ1v) is 5.68. The molecule has 1 aromatic rings. The van der Waals surface area contributed by atoms with Crippen LogP contribution in [0.4, 0.5) is 0 Å². The Labute approximate surface area is 93.3 Å². The summed E-state index contributed by atoms with van der Waals surface area (Å²) in [6, 6.07) is 4.01. The number of aromatic nitrogens is 1. The molecule has 0 fully saturated rings. The standard InChI is InChI=1S/C10H11ClN2S/c1-7-3-4-13-10(9(7)6-12)14-8(2)5-11/h3-4,8H,5H2,1-2H3. The highest BCUT2D eigenvalue weighted by Crippen LogP contribution is 2.26. The molecule has 1 aromatic heterocycles. The first-order valence-electron chi connectivity index (χ1n) is 4.27. The van der Waals surface area contributed by atoms with Crippen LogP contribution in [0.15, 0.2) is 17.3 Å². The van der Waals surface area contributed by atoms with Crippen molar-refractivity contribution in [3.05, 3.63) is 23.4 Å². The van der Waals surface area contributed by atoms with Gasteiger partial charge in [-0.1, -0.05) is 6.92 Å². The fraction of sp³-hybridized carbons (Fsp3) is 0.400. The molecule has 74 valence electrons. The van der Waals surface area contributed by atoms with Gasteiger partial charge >= 0.3 is 0 Å². The monoisotopic (exact) mass is 226 g/mol. The molecule has 0 radical (unpaired) electrons. The molecule has 0 amide bonds. The number of rotatable bonds is 3. The number of hydrogen-bond acceptors (Lipinski definition) is 3. The summed E-state index contributed by atoms with van der Waals surface area (Å²) in [5, 5.41) is 10.0. The molecule has 0 aliphatic heterocycles. The summed E-state index contributed by atoms with van der Waals surface area (Å²) in [7, 11) is 0. The average molecular weight is 227 g/mol. The van der Waals surface area contributed by atoms with Crippen LogP contribution >= 0.6 is 23.4 Å². The van der Waals surface area contributed by atoms with E-state index in [9.17, 15) is 0 Å². The number of aryl methyl sites for hydroxylation is 1. The minimum atomic E-state index is 0.276. The second-order valence-corrected chi connectivity index (χ2v) is 4.74. The van der Waals surface area contributed by atoms with Gasteiger partial charge in [-0.25, -0.2) is 4.98 Å². The first kappa shape index (κ1) is 11.4. The van der Waals surface area contributed by atoms with Crippen molar-refractivity contribution in [1.29, 1.82) is 5.26 Å². The van der Waals surface area contributed by atoms with Crippen LogP contribution in [0.1, 0.15) is 18.1 Å². The van der Waals surface area contributed by atoms with Crippen molar-refractivity contribution < 1.29 is 0 Å². The van der Waals surface area contributed by atoms with Gasteiger partial charge in [-0.3, -0.25) is 0 Å². The molecular weight excluding hydrogens is 216 g/mol. The number of nitriles is 1. The molecule has 1 heterocycles. The van der Waals surface area contributed by atoms with E-state index in [1.807, 2.05) is 19.9 Å². The zero-order valence-corrected chi connectivity index (χ0v) is 9.69. The van der Waals surface area contributed by atoms with Crippen molar-refractivity contribution >= 4 is 23.4 Å². The summed E-state index contributed by atoms with van der Waals surface area (Å²) >= 11 is 7.25. The Balaban J connectivity index is 2.98. The Bertz CT molecular complexity index is 360. The van der Waals surface area contributed by atoms with Crippen molar-refractivity contribution in [2.24, 2.45) is 0 Å². The van der Waals surface area contributed by atoms with Crippen LogP contribution < -0.4 is 0 Å². The fourth-order valence-corrected chi connectivity index (χ4v) is 2.06. The van der Waals surface area contributed by atoms with Gasteiger partial charge in [0.05, 0.1) is 5.56 Å². The normalized spacial score (nSPS) is 12.1. The molecule has 0 saturated carbocycles. The minimum absolute atomic E-state index is 0.276. The van der Waals surface area contributed by atoms with E-state index in [2.05, 4.69) is 11.1 Å². The van der Waals surface area contributed by atoms with Gasteiger partial charge in [-0.05, 0) is 18.6 Å². The van der Waals surface area contributed by atoms with E-state index in [4.69, 9.17) is 16.9 Å². The zero-order valence-electron chi connectivity index (χ0n) is 8.12. The Morgan fingerprint density at radius 2 is 2.43 bits per heavy atom. The Kier molecular flexibility index (Phi) is 4.24. The van der Waals surface area contributed by atoms with Crippen molar-refractivity contribution in [2.45, 2.75) is 24.1 Å². The summed E-state index contributed by atoms with van der Waals surface area (Å²) in [6.45, 7) is 3.93. The van der Waals surface area contributed by atoms with Crippen LogP contribution in [0.25, 0.3) is 0 Å². The van der Waals surface area contributed by atoms with Crippen molar-refractivity contribution in [3.63, 3.8) is 0 Å². The maximum atomic E-state index is 8.95. The predicted octanol–water partition coefficient (Wildman–Crippen LogP) is 2.98. The molecule has 0 N–H and O–H groups in total. The molecular formula is C10H11ClN2S. The molecule has 2 nitrogen and oxygen atoms in total. The summed E-state index contributed by atoms with van der Waals surface area (Å²) < 4.78 is 0. The SMILES string of the molecule is Cc1ccnc(SC(C)CCl)c1C#N. The molecule has 0 bridgehead atoms. The number of alkyl halides is 1. The second-order valence-electron chi connectivity index (χ2n) is 3.00. The molecule has 0 saturated heterocycles. The number of nitrogens with zero attached hydrogens (tertiary/aromatic N) is 2. The molecule has 0 aliphatic rings. The van der Waals surface area contributed by atoms with Crippen LogP contribution in [-0.2, 0) is 0 Å². The third-order valence-corrected chi connectivity index (χ3v) is 3.51. The lowest BCUT2D eigenvalue weighted by Gasteiger charge is -2.08. The summed E-state index contributed by atoms with van der Waals surface area (Å²) in [6.07, 6.45) is 1.72. The lowest BCUT2D eigenvalue weighted by molar-refractivity contribution is 1.05. The molecule has 14 heavy (non-hydrogen) atoms. The first-order chi connectivity index (χ1) is 6.69. The van der Waals surface area contributed by atoms with E-state index in [0.717, 1.165) is 10.6 Å². The maximum absolute atomic E-state index is 8.95. The smallest absolute Gasteiger partial charge is 0.114 e. The largest absolute Gasteiger partial charge is 0.249 e. The lowest BCUT2D eigenvalue weighted by Crippen LogP contribution is -2.00. The highest BCUT2D eigenvalue weighted by molar-refractivity contribution is 8.00. The van der Waals surface area contributed by atoms with Gasteiger partial charge in [0.1, 0.15) is 11.1 Å². The predicted molar refractivity (Wildman–Crippen MR) is 59.7 cm³/mol. The van der Waals surface area contributed by atoms with Gasteiger partial charge in [0.15, 0.2) is 0 Å². The number of thioether (sulfide) groups is 1. The van der Waals surface area contributed by atoms with Gasteiger partial charge in [-0.2, -0.15) is 5.26 Å². The van der Waals surface area contributed by atoms with Gasteiger partial charge < -0.3 is 0 Å². The molecule has 1 rings (SSSR count). The molecule has 0 spiro atoms. The van der Waals surface area contributed by atoms with E-state index >= 15 is 0 Å². The van der Waals surface area contributed by atoms with E-state index in [-0.39, 0.29) is 5.25 Å². The highest BCUT2D eigenvalue weighted by atomic mass is 35.5. The zero-order chi connectivity index (χ0) is 10.6. The van der Waals surface area contributed by atoms with Crippen LogP contribution in [0.2, 0.25) is 0 Å². The van der Waals surface area contributed by atoms with Crippen molar-refractivity contribution in [3.8, 4) is 6.07 Å². The Morgan fingerprint density at radius 3 is 3.00 bits per heavy atom. The number of halogens is 1. The topological polar surface area (TPSA) is 36.7 Å². The lowest BCUT2D eigenvalue weighted by atomic mass is 10.2. The third-order valence-electron chi connectivity index (χ3n) is 1.77. The van der Waals surface area contributed by atoms with Gasteiger partial charge in [0.2, 0.25) is 0 Å². The average Bonchev–Trinajstić information content (AvgIpc) is 2.18. The van der Waals surface area contributed by atoms with E-state index < -0.39 is 0 Å². The van der Waals surface area contributed by atoms with Crippen LogP contribution in [0.5, 0.6) is 0 Å². The van der Waals surface area contributed by atoms with Gasteiger partial charge in [-0.15, -0.1) is 23.4 Å². The van der Waals surface area contributed by atoms with Crippen LogP contribution in [-0.4, -0.2) is 16.1 Å².